The molecular weight excluding hydrogens is 376 g/mol. The van der Waals surface area contributed by atoms with Crippen LogP contribution in [0.4, 0.5) is 0 Å². The van der Waals surface area contributed by atoms with E-state index in [4.69, 9.17) is 14.7 Å². The Morgan fingerprint density at radius 1 is 1.24 bits per heavy atom. The zero-order valence-electron chi connectivity index (χ0n) is 16.0. The summed E-state index contributed by atoms with van der Waals surface area (Å²) in [5.41, 5.74) is 0.502. The summed E-state index contributed by atoms with van der Waals surface area (Å²) in [6, 6.07) is 9.90. The van der Waals surface area contributed by atoms with Gasteiger partial charge in [-0.1, -0.05) is 12.1 Å². The molecule has 2 heterocycles. The van der Waals surface area contributed by atoms with Crippen LogP contribution in [-0.2, 0) is 20.8 Å². The molecule has 1 amide bonds. The summed E-state index contributed by atoms with van der Waals surface area (Å²) in [6.45, 7) is 3.21. The average Bonchev–Trinajstić information content (AvgIpc) is 2.76. The van der Waals surface area contributed by atoms with Crippen LogP contribution in [0.25, 0.3) is 11.3 Å². The van der Waals surface area contributed by atoms with Gasteiger partial charge in [0.25, 0.3) is 5.56 Å². The number of carbonyl (C=O) groups excluding carboxylic acids is 2. The van der Waals surface area contributed by atoms with E-state index >= 15 is 0 Å². The van der Waals surface area contributed by atoms with E-state index in [1.165, 1.54) is 6.07 Å². The number of aromatic nitrogens is 2. The van der Waals surface area contributed by atoms with Gasteiger partial charge >= 0.3 is 5.97 Å². The van der Waals surface area contributed by atoms with Crippen molar-refractivity contribution in [2.75, 3.05) is 32.9 Å². The maximum atomic E-state index is 12.7. The van der Waals surface area contributed by atoms with Gasteiger partial charge in [0, 0.05) is 18.7 Å². The molecule has 0 atom stereocenters. The Bertz CT molecular complexity index is 1000. The third-order valence-corrected chi connectivity index (χ3v) is 4.43. The minimum Gasteiger partial charge on any atom is -0.462 e. The molecule has 9 nitrogen and oxygen atoms in total. The second-order valence-electron chi connectivity index (χ2n) is 6.31. The minimum absolute atomic E-state index is 0.111. The van der Waals surface area contributed by atoms with Crippen LogP contribution in [0.1, 0.15) is 22.8 Å². The van der Waals surface area contributed by atoms with Crippen molar-refractivity contribution >= 4 is 11.9 Å². The van der Waals surface area contributed by atoms with Crippen molar-refractivity contribution in [2.24, 2.45) is 0 Å². The van der Waals surface area contributed by atoms with Gasteiger partial charge in [-0.15, -0.1) is 0 Å². The lowest BCUT2D eigenvalue weighted by atomic mass is 10.1. The van der Waals surface area contributed by atoms with Gasteiger partial charge < -0.3 is 14.4 Å². The van der Waals surface area contributed by atoms with Crippen molar-refractivity contribution in [3.63, 3.8) is 0 Å². The summed E-state index contributed by atoms with van der Waals surface area (Å²) in [6.07, 6.45) is 0. The highest BCUT2D eigenvalue weighted by Crippen LogP contribution is 2.18. The molecule has 1 aromatic carbocycles. The number of esters is 1. The molecule has 0 N–H and O–H groups in total. The third-order valence-electron chi connectivity index (χ3n) is 4.43. The molecule has 1 aliphatic rings. The second kappa shape index (κ2) is 9.12. The predicted octanol–water partition coefficient (Wildman–Crippen LogP) is 0.817. The lowest BCUT2D eigenvalue weighted by Crippen LogP contribution is -2.44. The second-order valence-corrected chi connectivity index (χ2v) is 6.31. The van der Waals surface area contributed by atoms with Gasteiger partial charge in [-0.2, -0.15) is 10.4 Å². The molecule has 150 valence electrons. The molecule has 0 saturated carbocycles. The number of nitrogens with zero attached hydrogens (tertiary/aromatic N) is 4. The van der Waals surface area contributed by atoms with Crippen LogP contribution in [-0.4, -0.2) is 59.5 Å². The zero-order chi connectivity index (χ0) is 20.8. The van der Waals surface area contributed by atoms with Gasteiger partial charge in [0.1, 0.15) is 12.1 Å². The van der Waals surface area contributed by atoms with Crippen LogP contribution in [0, 0.1) is 11.3 Å². The fraction of sp³-hybridized carbons (Fsp3) is 0.350. The number of hydrogen-bond donors (Lipinski definition) is 0. The van der Waals surface area contributed by atoms with E-state index in [1.54, 1.807) is 36.1 Å². The maximum absolute atomic E-state index is 12.7. The van der Waals surface area contributed by atoms with Gasteiger partial charge in [-0.25, -0.2) is 9.48 Å². The summed E-state index contributed by atoms with van der Waals surface area (Å²) < 4.78 is 11.2. The molecule has 3 rings (SSSR count). The molecular formula is C20H20N4O5. The Hall–Kier alpha value is -3.51. The Balaban J connectivity index is 2.00. The van der Waals surface area contributed by atoms with E-state index < -0.39 is 11.5 Å². The molecule has 1 aliphatic heterocycles. The van der Waals surface area contributed by atoms with Crippen molar-refractivity contribution in [1.82, 2.24) is 14.7 Å². The number of benzene rings is 1. The first kappa shape index (κ1) is 20.2. The lowest BCUT2D eigenvalue weighted by molar-refractivity contribution is -0.136. The molecule has 1 saturated heterocycles. The summed E-state index contributed by atoms with van der Waals surface area (Å²) >= 11 is 0. The normalized spacial score (nSPS) is 13.6. The summed E-state index contributed by atoms with van der Waals surface area (Å²) in [7, 11) is 0. The van der Waals surface area contributed by atoms with Crippen LogP contribution in [0.3, 0.4) is 0 Å². The number of ether oxygens (including phenoxy) is 2. The van der Waals surface area contributed by atoms with Gasteiger partial charge in [0.05, 0.1) is 37.1 Å². The van der Waals surface area contributed by atoms with Crippen molar-refractivity contribution in [3.8, 4) is 17.3 Å². The summed E-state index contributed by atoms with van der Waals surface area (Å²) in [4.78, 5) is 39.2. The lowest BCUT2D eigenvalue weighted by Gasteiger charge is -2.26. The highest BCUT2D eigenvalue weighted by Gasteiger charge is 2.22. The van der Waals surface area contributed by atoms with Crippen LogP contribution in [0.2, 0.25) is 0 Å². The van der Waals surface area contributed by atoms with E-state index in [0.29, 0.717) is 43.1 Å². The Kier molecular flexibility index (Phi) is 6.36. The topological polar surface area (TPSA) is 115 Å². The number of rotatable bonds is 5. The zero-order valence-corrected chi connectivity index (χ0v) is 16.0. The Morgan fingerprint density at radius 3 is 2.55 bits per heavy atom. The molecule has 0 unspecified atom stereocenters. The molecule has 1 fully saturated rings. The highest BCUT2D eigenvalue weighted by atomic mass is 16.5. The Morgan fingerprint density at radius 2 is 1.93 bits per heavy atom. The van der Waals surface area contributed by atoms with Crippen molar-refractivity contribution < 1.29 is 19.1 Å². The molecule has 1 aromatic heterocycles. The van der Waals surface area contributed by atoms with E-state index in [9.17, 15) is 14.4 Å². The number of carbonyl (C=O) groups is 2. The average molecular weight is 396 g/mol. The van der Waals surface area contributed by atoms with Crippen LogP contribution >= 0.6 is 0 Å². The van der Waals surface area contributed by atoms with Gasteiger partial charge in [0.2, 0.25) is 5.91 Å². The minimum atomic E-state index is -0.776. The fourth-order valence-corrected chi connectivity index (χ4v) is 2.90. The van der Waals surface area contributed by atoms with E-state index in [-0.39, 0.29) is 24.6 Å². The van der Waals surface area contributed by atoms with Crippen molar-refractivity contribution in [1.29, 1.82) is 5.26 Å². The van der Waals surface area contributed by atoms with Crippen LogP contribution in [0.5, 0.6) is 0 Å². The molecule has 0 spiro atoms. The number of amides is 1. The molecule has 0 aliphatic carbocycles. The first-order valence-electron chi connectivity index (χ1n) is 9.19. The SMILES string of the molecule is CCOC(=O)c1cc(-c2ccc(C#N)cc2)nn(CC(=O)N2CCOCC2)c1=O. The molecule has 0 radical (unpaired) electrons. The number of morpholine rings is 1. The molecule has 9 heteroatoms. The van der Waals surface area contributed by atoms with Gasteiger partial charge in [0.15, 0.2) is 0 Å². The van der Waals surface area contributed by atoms with Gasteiger partial charge in [-0.05, 0) is 25.1 Å². The monoisotopic (exact) mass is 396 g/mol. The quantitative estimate of drug-likeness (QED) is 0.687. The summed E-state index contributed by atoms with van der Waals surface area (Å²) in [5.74, 6) is -1.06. The molecule has 29 heavy (non-hydrogen) atoms. The highest BCUT2D eigenvalue weighted by molar-refractivity contribution is 5.90. The van der Waals surface area contributed by atoms with E-state index in [0.717, 1.165) is 4.68 Å². The largest absolute Gasteiger partial charge is 0.462 e. The van der Waals surface area contributed by atoms with Crippen LogP contribution in [0.15, 0.2) is 35.1 Å². The predicted molar refractivity (Wildman–Crippen MR) is 102 cm³/mol. The van der Waals surface area contributed by atoms with E-state index in [1.807, 2.05) is 6.07 Å². The summed E-state index contributed by atoms with van der Waals surface area (Å²) in [5, 5.41) is 13.2. The van der Waals surface area contributed by atoms with Crippen LogP contribution < -0.4 is 5.56 Å². The van der Waals surface area contributed by atoms with Gasteiger partial charge in [-0.3, -0.25) is 9.59 Å². The van der Waals surface area contributed by atoms with Crippen molar-refractivity contribution in [2.45, 2.75) is 13.5 Å². The first-order valence-corrected chi connectivity index (χ1v) is 9.19. The van der Waals surface area contributed by atoms with Crippen molar-refractivity contribution in [3.05, 3.63) is 51.8 Å². The first-order chi connectivity index (χ1) is 14.0. The Labute approximate surface area is 167 Å². The van der Waals surface area contributed by atoms with E-state index in [2.05, 4.69) is 5.10 Å². The smallest absolute Gasteiger partial charge is 0.343 e. The standard InChI is InChI=1S/C20H20N4O5/c1-2-29-20(27)16-11-17(15-5-3-14(12-21)4-6-15)22-24(19(16)26)13-18(25)23-7-9-28-10-8-23/h3-6,11H,2,7-10,13H2,1H3. The molecule has 0 bridgehead atoms. The number of hydrogen-bond acceptors (Lipinski definition) is 7. The third kappa shape index (κ3) is 4.67. The molecule has 2 aromatic rings. The number of nitriles is 1. The maximum Gasteiger partial charge on any atom is 0.343 e. The fourth-order valence-electron chi connectivity index (χ4n) is 2.90.